The average molecular weight is 853 g/mol. The normalized spacial score (nSPS) is 13.0. The van der Waals surface area contributed by atoms with E-state index < -0.39 is 5.41 Å². The van der Waals surface area contributed by atoms with Crippen LogP contribution in [0, 0.1) is 0 Å². The number of benzene rings is 11. The summed E-state index contributed by atoms with van der Waals surface area (Å²) < 4.78 is 4.69. The van der Waals surface area contributed by atoms with Gasteiger partial charge in [0, 0.05) is 57.7 Å². The third-order valence-electron chi connectivity index (χ3n) is 15.2. The van der Waals surface area contributed by atoms with Gasteiger partial charge in [-0.25, -0.2) is 0 Å². The molecule has 0 spiro atoms. The van der Waals surface area contributed by atoms with E-state index in [1.165, 1.54) is 132 Å². The van der Waals surface area contributed by atoms with Gasteiger partial charge in [0.15, 0.2) is 0 Å². The van der Waals surface area contributed by atoms with Crippen molar-refractivity contribution in [1.29, 1.82) is 0 Å². The highest BCUT2D eigenvalue weighted by Crippen LogP contribution is 2.57. The highest BCUT2D eigenvalue weighted by Gasteiger charge is 2.46. The lowest BCUT2D eigenvalue weighted by molar-refractivity contribution is 0.769. The molecule has 11 aromatic carbocycles. The van der Waals surface area contributed by atoms with Crippen LogP contribution in [0.15, 0.2) is 231 Å². The molecule has 314 valence electrons. The molecule has 67 heavy (non-hydrogen) atoms. The average Bonchev–Trinajstić information content (AvgIpc) is 3.98. The molecule has 2 aromatic heterocycles. The van der Waals surface area contributed by atoms with Crippen molar-refractivity contribution in [3.8, 4) is 44.5 Å². The molecule has 2 nitrogen and oxygen atoms in total. The maximum Gasteiger partial charge on any atom is 0.0713 e. The SMILES string of the molecule is Cn1c2ccccc2c2c(-c3cccc4c(-c5ccc6c(c5)C(c5ccccc5)(c5ccccc5)c5ccccc5-6)c5cccc(-c6cccc7c6c6ccccc6n7C)c5cc34)cccc21. The molecule has 0 radical (unpaired) electrons. The molecule has 0 bridgehead atoms. The zero-order valence-corrected chi connectivity index (χ0v) is 37.3. The number of aromatic nitrogens is 2. The van der Waals surface area contributed by atoms with Crippen LogP contribution in [-0.2, 0) is 19.5 Å². The van der Waals surface area contributed by atoms with Crippen molar-refractivity contribution in [2.45, 2.75) is 5.41 Å². The van der Waals surface area contributed by atoms with Crippen molar-refractivity contribution >= 4 is 65.2 Å². The Morgan fingerprint density at radius 1 is 0.284 bits per heavy atom. The predicted octanol–water partition coefficient (Wildman–Crippen LogP) is 16.6. The van der Waals surface area contributed by atoms with E-state index in [4.69, 9.17) is 0 Å². The summed E-state index contributed by atoms with van der Waals surface area (Å²) in [7, 11) is 4.39. The number of nitrogens with zero attached hydrogens (tertiary/aromatic N) is 2. The van der Waals surface area contributed by atoms with Crippen LogP contribution in [-0.4, -0.2) is 9.13 Å². The van der Waals surface area contributed by atoms with Crippen LogP contribution in [0.2, 0.25) is 0 Å². The Labute approximate surface area is 389 Å². The van der Waals surface area contributed by atoms with Gasteiger partial charge in [-0.05, 0) is 125 Å². The molecular formula is C65H44N2. The summed E-state index contributed by atoms with van der Waals surface area (Å²) >= 11 is 0. The summed E-state index contributed by atoms with van der Waals surface area (Å²) in [5.74, 6) is 0. The zero-order chi connectivity index (χ0) is 44.4. The summed E-state index contributed by atoms with van der Waals surface area (Å²) in [6.07, 6.45) is 0. The van der Waals surface area contributed by atoms with Crippen LogP contribution >= 0.6 is 0 Å². The van der Waals surface area contributed by atoms with Crippen LogP contribution in [0.3, 0.4) is 0 Å². The third kappa shape index (κ3) is 5.16. The topological polar surface area (TPSA) is 9.86 Å². The van der Waals surface area contributed by atoms with Gasteiger partial charge in [0.05, 0.1) is 5.41 Å². The Morgan fingerprint density at radius 3 is 1.27 bits per heavy atom. The summed E-state index contributed by atoms with van der Waals surface area (Å²) in [6.45, 7) is 0. The van der Waals surface area contributed by atoms with Crippen LogP contribution < -0.4 is 0 Å². The first-order chi connectivity index (χ1) is 33.1. The molecule has 0 unspecified atom stereocenters. The van der Waals surface area contributed by atoms with E-state index in [0.29, 0.717) is 0 Å². The number of rotatable bonds is 5. The van der Waals surface area contributed by atoms with E-state index in [2.05, 4.69) is 254 Å². The molecule has 0 atom stereocenters. The highest BCUT2D eigenvalue weighted by molar-refractivity contribution is 6.24. The number of fused-ring (bicyclic) bond motifs is 11. The van der Waals surface area contributed by atoms with E-state index in [1.54, 1.807) is 0 Å². The van der Waals surface area contributed by atoms with Gasteiger partial charge < -0.3 is 9.13 Å². The van der Waals surface area contributed by atoms with Crippen molar-refractivity contribution in [1.82, 2.24) is 9.13 Å². The summed E-state index contributed by atoms with van der Waals surface area (Å²) in [4.78, 5) is 0. The first-order valence-corrected chi connectivity index (χ1v) is 23.4. The van der Waals surface area contributed by atoms with Gasteiger partial charge in [-0.15, -0.1) is 0 Å². The van der Waals surface area contributed by atoms with E-state index >= 15 is 0 Å². The maximum atomic E-state index is 2.54. The van der Waals surface area contributed by atoms with Gasteiger partial charge in [-0.3, -0.25) is 0 Å². The van der Waals surface area contributed by atoms with Gasteiger partial charge in [0.1, 0.15) is 0 Å². The minimum Gasteiger partial charge on any atom is -0.344 e. The maximum absolute atomic E-state index is 2.54. The standard InChI is InChI=1S/C65H44N2/c1-66-58-33-13-10-24-52(58)63-48(30-17-35-60(63)66)44-26-15-28-50-54(44)40-55-45(49-31-18-36-61-64(49)53-25-11-14-34-59(53)67(61)2)27-16-29-51(55)62(50)41-37-38-47-46-23-9-12-32-56(46)65(57(47)39-41,42-19-5-3-6-20-42)43-21-7-4-8-22-43/h3-40H,1-2H3. The molecule has 0 amide bonds. The van der Waals surface area contributed by atoms with Crippen LogP contribution in [0.4, 0.5) is 0 Å². The number of aryl methyl sites for hydroxylation is 2. The molecule has 2 heterocycles. The molecule has 1 aliphatic carbocycles. The van der Waals surface area contributed by atoms with Crippen molar-refractivity contribution in [2.75, 3.05) is 0 Å². The van der Waals surface area contributed by atoms with Gasteiger partial charge in [-0.1, -0.05) is 194 Å². The number of para-hydroxylation sites is 2. The van der Waals surface area contributed by atoms with Crippen molar-refractivity contribution in [2.24, 2.45) is 14.1 Å². The molecule has 0 saturated heterocycles. The van der Waals surface area contributed by atoms with Crippen LogP contribution in [0.25, 0.3) is 110 Å². The van der Waals surface area contributed by atoms with E-state index in [0.717, 1.165) is 0 Å². The Balaban J connectivity index is 1.13. The lowest BCUT2D eigenvalue weighted by Gasteiger charge is -2.34. The Kier molecular flexibility index (Phi) is 8.06. The molecule has 2 heteroatoms. The van der Waals surface area contributed by atoms with Gasteiger partial charge >= 0.3 is 0 Å². The Morgan fingerprint density at radius 2 is 0.701 bits per heavy atom. The van der Waals surface area contributed by atoms with Crippen molar-refractivity contribution in [3.63, 3.8) is 0 Å². The summed E-state index contributed by atoms with van der Waals surface area (Å²) in [5, 5.41) is 10.1. The fraction of sp³-hybridized carbons (Fsp3) is 0.0462. The van der Waals surface area contributed by atoms with Gasteiger partial charge in [0.2, 0.25) is 0 Å². The Hall–Kier alpha value is -8.46. The lowest BCUT2D eigenvalue weighted by Crippen LogP contribution is -2.28. The summed E-state index contributed by atoms with van der Waals surface area (Å²) in [6, 6.07) is 86.5. The van der Waals surface area contributed by atoms with E-state index in [9.17, 15) is 0 Å². The highest BCUT2D eigenvalue weighted by atomic mass is 14.9. The molecule has 0 fully saturated rings. The third-order valence-corrected chi connectivity index (χ3v) is 15.2. The minimum absolute atomic E-state index is 0.519. The largest absolute Gasteiger partial charge is 0.344 e. The zero-order valence-electron chi connectivity index (χ0n) is 37.3. The molecule has 1 aliphatic rings. The van der Waals surface area contributed by atoms with Crippen LogP contribution in [0.5, 0.6) is 0 Å². The molecule has 13 aromatic rings. The monoisotopic (exact) mass is 852 g/mol. The lowest BCUT2D eigenvalue weighted by atomic mass is 9.67. The fourth-order valence-corrected chi connectivity index (χ4v) is 12.4. The van der Waals surface area contributed by atoms with Gasteiger partial charge in [0.25, 0.3) is 0 Å². The minimum atomic E-state index is -0.519. The van der Waals surface area contributed by atoms with Crippen molar-refractivity contribution in [3.05, 3.63) is 253 Å². The molecule has 0 N–H and O–H groups in total. The van der Waals surface area contributed by atoms with E-state index in [1.807, 2.05) is 0 Å². The second-order valence-corrected chi connectivity index (χ2v) is 18.4. The van der Waals surface area contributed by atoms with Crippen LogP contribution in [0.1, 0.15) is 22.3 Å². The second-order valence-electron chi connectivity index (χ2n) is 18.4. The Bertz CT molecular complexity index is 3950. The molecule has 0 saturated carbocycles. The molecule has 14 rings (SSSR count). The van der Waals surface area contributed by atoms with E-state index in [-0.39, 0.29) is 0 Å². The summed E-state index contributed by atoms with van der Waals surface area (Å²) in [5.41, 5.74) is 19.6. The predicted molar refractivity (Wildman–Crippen MR) is 283 cm³/mol. The first-order valence-electron chi connectivity index (χ1n) is 23.4. The number of hydrogen-bond acceptors (Lipinski definition) is 0. The molecular weight excluding hydrogens is 809 g/mol. The molecule has 0 aliphatic heterocycles. The fourth-order valence-electron chi connectivity index (χ4n) is 12.4. The van der Waals surface area contributed by atoms with Crippen molar-refractivity contribution < 1.29 is 0 Å². The quantitative estimate of drug-likeness (QED) is 0.153. The smallest absolute Gasteiger partial charge is 0.0713 e. The number of hydrogen-bond donors (Lipinski definition) is 0. The first kappa shape index (κ1) is 37.9. The van der Waals surface area contributed by atoms with Gasteiger partial charge in [-0.2, -0.15) is 0 Å². The second kappa shape index (κ2) is 14.3.